The van der Waals surface area contributed by atoms with E-state index in [1.165, 1.54) is 12.8 Å². The first-order chi connectivity index (χ1) is 9.18. The monoisotopic (exact) mass is 268 g/mol. The van der Waals surface area contributed by atoms with Gasteiger partial charge in [0.05, 0.1) is 0 Å². The van der Waals surface area contributed by atoms with Crippen molar-refractivity contribution in [3.63, 3.8) is 0 Å². The summed E-state index contributed by atoms with van der Waals surface area (Å²) in [6.07, 6.45) is 2.49. The molecule has 0 aliphatic carbocycles. The molecular formula is C13H24N4O2. The van der Waals surface area contributed by atoms with Crippen LogP contribution in [0.2, 0.25) is 0 Å². The van der Waals surface area contributed by atoms with E-state index in [0.29, 0.717) is 19.6 Å². The molecule has 19 heavy (non-hydrogen) atoms. The zero-order valence-electron chi connectivity index (χ0n) is 11.7. The van der Waals surface area contributed by atoms with E-state index in [9.17, 15) is 9.59 Å². The van der Waals surface area contributed by atoms with Crippen LogP contribution in [-0.4, -0.2) is 85.9 Å². The molecule has 2 amide bonds. The Morgan fingerprint density at radius 2 is 1.74 bits per heavy atom. The number of carbonyl (C=O) groups is 2. The van der Waals surface area contributed by atoms with Gasteiger partial charge in [-0.1, -0.05) is 0 Å². The molecule has 0 radical (unpaired) electrons. The Labute approximate surface area is 114 Å². The predicted octanol–water partition coefficient (Wildman–Crippen LogP) is -1.03. The van der Waals surface area contributed by atoms with Crippen molar-refractivity contribution in [2.45, 2.75) is 12.8 Å². The summed E-state index contributed by atoms with van der Waals surface area (Å²) in [7, 11) is 1.72. The molecule has 2 aliphatic heterocycles. The van der Waals surface area contributed by atoms with Gasteiger partial charge in [0.1, 0.15) is 0 Å². The molecule has 6 nitrogen and oxygen atoms in total. The number of rotatable bonds is 3. The molecule has 0 bridgehead atoms. The Bertz CT molecular complexity index is 323. The highest BCUT2D eigenvalue weighted by atomic mass is 16.2. The lowest BCUT2D eigenvalue weighted by atomic mass is 10.3. The summed E-state index contributed by atoms with van der Waals surface area (Å²) in [6.45, 7) is 6.55. The lowest BCUT2D eigenvalue weighted by Gasteiger charge is -2.29. The van der Waals surface area contributed by atoms with Gasteiger partial charge in [0, 0.05) is 46.3 Å². The Hall–Kier alpha value is -1.14. The maximum absolute atomic E-state index is 12.0. The van der Waals surface area contributed by atoms with Gasteiger partial charge in [-0.25, -0.2) is 0 Å². The number of nitrogens with one attached hydrogen (secondary N) is 1. The first-order valence-corrected chi connectivity index (χ1v) is 7.16. The number of piperazine rings is 1. The molecule has 108 valence electrons. The molecule has 1 N–H and O–H groups in total. The molecule has 0 unspecified atom stereocenters. The van der Waals surface area contributed by atoms with Crippen molar-refractivity contribution in [3.05, 3.63) is 0 Å². The summed E-state index contributed by atoms with van der Waals surface area (Å²) in [6, 6.07) is 0. The van der Waals surface area contributed by atoms with E-state index in [1.807, 2.05) is 0 Å². The van der Waals surface area contributed by atoms with Crippen LogP contribution in [0, 0.1) is 0 Å². The van der Waals surface area contributed by atoms with Crippen LogP contribution in [0.15, 0.2) is 0 Å². The maximum atomic E-state index is 12.0. The van der Waals surface area contributed by atoms with Gasteiger partial charge < -0.3 is 20.0 Å². The van der Waals surface area contributed by atoms with Gasteiger partial charge in [0.15, 0.2) is 0 Å². The third kappa shape index (κ3) is 3.91. The summed E-state index contributed by atoms with van der Waals surface area (Å²) in [4.78, 5) is 29.6. The number of hydrogen-bond donors (Lipinski definition) is 1. The standard InChI is InChI=1S/C13H24N4O2/c1-15(10-11-16-6-2-3-7-16)12(18)13(19)17-8-4-14-5-9-17/h14H,2-11H2,1H3. The van der Waals surface area contributed by atoms with Gasteiger partial charge in [0.25, 0.3) is 0 Å². The topological polar surface area (TPSA) is 55.9 Å². The SMILES string of the molecule is CN(CCN1CCCC1)C(=O)C(=O)N1CCNCC1. The highest BCUT2D eigenvalue weighted by Gasteiger charge is 2.26. The van der Waals surface area contributed by atoms with Crippen LogP contribution in [0.5, 0.6) is 0 Å². The van der Waals surface area contributed by atoms with E-state index in [1.54, 1.807) is 16.8 Å². The Morgan fingerprint density at radius 3 is 2.37 bits per heavy atom. The smallest absolute Gasteiger partial charge is 0.312 e. The maximum Gasteiger partial charge on any atom is 0.312 e. The summed E-state index contributed by atoms with van der Waals surface area (Å²) < 4.78 is 0. The average molecular weight is 268 g/mol. The first-order valence-electron chi connectivity index (χ1n) is 7.16. The second kappa shape index (κ2) is 6.86. The van der Waals surface area contributed by atoms with Crippen LogP contribution in [0.1, 0.15) is 12.8 Å². The van der Waals surface area contributed by atoms with Gasteiger partial charge in [-0.2, -0.15) is 0 Å². The summed E-state index contributed by atoms with van der Waals surface area (Å²) in [5.74, 6) is -0.730. The minimum atomic E-state index is -0.374. The van der Waals surface area contributed by atoms with E-state index in [4.69, 9.17) is 0 Å². The largest absolute Gasteiger partial charge is 0.336 e. The van der Waals surface area contributed by atoms with E-state index in [0.717, 1.165) is 32.7 Å². The van der Waals surface area contributed by atoms with Gasteiger partial charge in [0.2, 0.25) is 0 Å². The average Bonchev–Trinajstić information content (AvgIpc) is 2.97. The fourth-order valence-corrected chi connectivity index (χ4v) is 2.57. The second-order valence-electron chi connectivity index (χ2n) is 5.32. The summed E-state index contributed by atoms with van der Waals surface area (Å²) >= 11 is 0. The molecule has 6 heteroatoms. The van der Waals surface area contributed by atoms with E-state index in [-0.39, 0.29) is 11.8 Å². The number of carbonyl (C=O) groups excluding carboxylic acids is 2. The Balaban J connectivity index is 1.75. The van der Waals surface area contributed by atoms with Crippen molar-refractivity contribution >= 4 is 11.8 Å². The molecule has 2 aliphatic rings. The van der Waals surface area contributed by atoms with Crippen LogP contribution in [0.4, 0.5) is 0 Å². The zero-order chi connectivity index (χ0) is 13.7. The van der Waals surface area contributed by atoms with Crippen LogP contribution >= 0.6 is 0 Å². The fourth-order valence-electron chi connectivity index (χ4n) is 2.57. The molecule has 2 saturated heterocycles. The molecule has 0 aromatic heterocycles. The van der Waals surface area contributed by atoms with Crippen molar-refractivity contribution in [1.29, 1.82) is 0 Å². The third-order valence-electron chi connectivity index (χ3n) is 3.88. The Morgan fingerprint density at radius 1 is 1.11 bits per heavy atom. The molecule has 0 aromatic rings. The normalized spacial score (nSPS) is 20.6. The van der Waals surface area contributed by atoms with Crippen LogP contribution in [0.25, 0.3) is 0 Å². The number of hydrogen-bond acceptors (Lipinski definition) is 4. The van der Waals surface area contributed by atoms with Crippen LogP contribution in [-0.2, 0) is 9.59 Å². The lowest BCUT2D eigenvalue weighted by molar-refractivity contribution is -0.151. The predicted molar refractivity (Wildman–Crippen MR) is 72.8 cm³/mol. The molecule has 0 atom stereocenters. The highest BCUT2D eigenvalue weighted by molar-refractivity contribution is 6.34. The van der Waals surface area contributed by atoms with E-state index in [2.05, 4.69) is 10.2 Å². The van der Waals surface area contributed by atoms with E-state index >= 15 is 0 Å². The Kier molecular flexibility index (Phi) is 5.15. The van der Waals surface area contributed by atoms with Crippen molar-refractivity contribution in [3.8, 4) is 0 Å². The summed E-state index contributed by atoms with van der Waals surface area (Å²) in [5, 5.41) is 3.17. The lowest BCUT2D eigenvalue weighted by Crippen LogP contribution is -2.52. The molecule has 0 aromatic carbocycles. The van der Waals surface area contributed by atoms with Gasteiger partial charge in [-0.3, -0.25) is 9.59 Å². The fraction of sp³-hybridized carbons (Fsp3) is 0.846. The van der Waals surface area contributed by atoms with Gasteiger partial charge in [-0.05, 0) is 25.9 Å². The molecule has 2 rings (SSSR count). The molecule has 2 fully saturated rings. The number of amides is 2. The third-order valence-corrected chi connectivity index (χ3v) is 3.88. The van der Waals surface area contributed by atoms with Gasteiger partial charge in [-0.15, -0.1) is 0 Å². The zero-order valence-corrected chi connectivity index (χ0v) is 11.7. The second-order valence-corrected chi connectivity index (χ2v) is 5.32. The quantitative estimate of drug-likeness (QED) is 0.665. The minimum absolute atomic E-state index is 0.356. The molecular weight excluding hydrogens is 244 g/mol. The highest BCUT2D eigenvalue weighted by Crippen LogP contribution is 2.06. The summed E-state index contributed by atoms with van der Waals surface area (Å²) in [5.41, 5.74) is 0. The van der Waals surface area contributed by atoms with Crippen LogP contribution in [0.3, 0.4) is 0 Å². The van der Waals surface area contributed by atoms with E-state index < -0.39 is 0 Å². The van der Waals surface area contributed by atoms with Crippen molar-refractivity contribution in [1.82, 2.24) is 20.0 Å². The molecule has 0 saturated carbocycles. The number of likely N-dealkylation sites (N-methyl/N-ethyl adjacent to an activating group) is 1. The minimum Gasteiger partial charge on any atom is -0.336 e. The van der Waals surface area contributed by atoms with Crippen molar-refractivity contribution < 1.29 is 9.59 Å². The van der Waals surface area contributed by atoms with Crippen LogP contribution < -0.4 is 5.32 Å². The van der Waals surface area contributed by atoms with Crippen molar-refractivity contribution in [2.75, 3.05) is 59.4 Å². The number of nitrogens with zero attached hydrogens (tertiary/aromatic N) is 3. The number of likely N-dealkylation sites (tertiary alicyclic amines) is 1. The van der Waals surface area contributed by atoms with Gasteiger partial charge >= 0.3 is 11.8 Å². The van der Waals surface area contributed by atoms with Crippen molar-refractivity contribution in [2.24, 2.45) is 0 Å². The molecule has 0 spiro atoms. The first kappa shape index (κ1) is 14.3. The molecule has 2 heterocycles.